The number of morpholine rings is 1. The second-order valence-corrected chi connectivity index (χ2v) is 4.97. The van der Waals surface area contributed by atoms with Gasteiger partial charge in [0.1, 0.15) is 6.10 Å². The van der Waals surface area contributed by atoms with Crippen molar-refractivity contribution in [2.75, 3.05) is 32.8 Å². The lowest BCUT2D eigenvalue weighted by atomic mass is 10.2. The number of halogens is 1. The highest BCUT2D eigenvalue weighted by atomic mass is 35.5. The Morgan fingerprint density at radius 3 is 2.95 bits per heavy atom. The Labute approximate surface area is 123 Å². The van der Waals surface area contributed by atoms with Crippen LogP contribution < -0.4 is 10.6 Å². The van der Waals surface area contributed by atoms with E-state index in [1.54, 1.807) is 0 Å². The van der Waals surface area contributed by atoms with Crippen LogP contribution in [0.1, 0.15) is 5.56 Å². The first-order valence-electron chi connectivity index (χ1n) is 6.68. The van der Waals surface area contributed by atoms with Crippen LogP contribution in [0, 0.1) is 0 Å². The number of nitrogens with one attached hydrogen (secondary N) is 2. The Balaban J connectivity index is 1.57. The highest BCUT2D eigenvalue weighted by Gasteiger charge is 2.20. The normalized spacial score (nSPS) is 18.8. The Kier molecular flexibility index (Phi) is 6.26. The van der Waals surface area contributed by atoms with Crippen LogP contribution in [0.25, 0.3) is 0 Å². The molecule has 1 aliphatic heterocycles. The highest BCUT2D eigenvalue weighted by Crippen LogP contribution is 2.09. The summed E-state index contributed by atoms with van der Waals surface area (Å²) in [6.07, 6.45) is -0.389. The quantitative estimate of drug-likeness (QED) is 0.768. The lowest BCUT2D eigenvalue weighted by Crippen LogP contribution is -2.48. The smallest absolute Gasteiger partial charge is 0.250 e. The van der Waals surface area contributed by atoms with Crippen molar-refractivity contribution in [3.8, 4) is 0 Å². The first-order chi connectivity index (χ1) is 9.75. The molecule has 0 spiro atoms. The van der Waals surface area contributed by atoms with E-state index in [-0.39, 0.29) is 12.0 Å². The first kappa shape index (κ1) is 15.3. The van der Waals surface area contributed by atoms with Crippen molar-refractivity contribution in [1.82, 2.24) is 10.6 Å². The highest BCUT2D eigenvalue weighted by molar-refractivity contribution is 6.30. The van der Waals surface area contributed by atoms with Crippen molar-refractivity contribution in [2.24, 2.45) is 0 Å². The van der Waals surface area contributed by atoms with E-state index in [1.165, 1.54) is 0 Å². The molecule has 1 atom stereocenters. The zero-order chi connectivity index (χ0) is 14.2. The van der Waals surface area contributed by atoms with Gasteiger partial charge in [-0.05, 0) is 17.7 Å². The molecular formula is C14H19ClN2O3. The summed E-state index contributed by atoms with van der Waals surface area (Å²) in [5, 5.41) is 6.62. The molecule has 0 aromatic heterocycles. The molecule has 1 saturated heterocycles. The molecule has 1 aromatic carbocycles. The van der Waals surface area contributed by atoms with Gasteiger partial charge in [0, 0.05) is 24.7 Å². The number of rotatable bonds is 6. The van der Waals surface area contributed by atoms with Gasteiger partial charge in [-0.25, -0.2) is 0 Å². The lowest BCUT2D eigenvalue weighted by molar-refractivity contribution is -0.134. The monoisotopic (exact) mass is 298 g/mol. The zero-order valence-electron chi connectivity index (χ0n) is 11.2. The summed E-state index contributed by atoms with van der Waals surface area (Å²) < 4.78 is 10.8. The van der Waals surface area contributed by atoms with Crippen LogP contribution in [0.2, 0.25) is 5.02 Å². The van der Waals surface area contributed by atoms with Gasteiger partial charge in [-0.1, -0.05) is 23.7 Å². The lowest BCUT2D eigenvalue weighted by Gasteiger charge is -2.22. The molecule has 1 aromatic rings. The number of ether oxygens (including phenoxy) is 2. The minimum absolute atomic E-state index is 0.0905. The van der Waals surface area contributed by atoms with E-state index >= 15 is 0 Å². The molecule has 2 rings (SSSR count). The second kappa shape index (κ2) is 8.21. The Morgan fingerprint density at radius 2 is 2.25 bits per heavy atom. The van der Waals surface area contributed by atoms with Gasteiger partial charge in [-0.15, -0.1) is 0 Å². The number of amides is 1. The maximum absolute atomic E-state index is 11.7. The number of carbonyl (C=O) groups excluding carboxylic acids is 1. The summed E-state index contributed by atoms with van der Waals surface area (Å²) in [5.74, 6) is -0.0905. The van der Waals surface area contributed by atoms with Gasteiger partial charge in [-0.2, -0.15) is 0 Å². The number of benzene rings is 1. The summed E-state index contributed by atoms with van der Waals surface area (Å²) >= 11 is 5.80. The van der Waals surface area contributed by atoms with E-state index in [1.807, 2.05) is 24.3 Å². The summed E-state index contributed by atoms with van der Waals surface area (Å²) in [5.41, 5.74) is 1.06. The van der Waals surface area contributed by atoms with E-state index < -0.39 is 0 Å². The van der Waals surface area contributed by atoms with Crippen LogP contribution in [-0.4, -0.2) is 44.9 Å². The largest absolute Gasteiger partial charge is 0.375 e. The Morgan fingerprint density at radius 1 is 1.45 bits per heavy atom. The number of carbonyl (C=O) groups is 1. The van der Waals surface area contributed by atoms with Crippen LogP contribution in [0.5, 0.6) is 0 Å². The molecule has 110 valence electrons. The van der Waals surface area contributed by atoms with Gasteiger partial charge in [0.25, 0.3) is 5.91 Å². The predicted octanol–water partition coefficient (Wildman–Crippen LogP) is 0.961. The van der Waals surface area contributed by atoms with Gasteiger partial charge in [-0.3, -0.25) is 4.79 Å². The second-order valence-electron chi connectivity index (χ2n) is 4.53. The maximum atomic E-state index is 11.7. The summed E-state index contributed by atoms with van der Waals surface area (Å²) in [6, 6.07) is 7.50. The summed E-state index contributed by atoms with van der Waals surface area (Å²) in [6.45, 7) is 3.39. The zero-order valence-corrected chi connectivity index (χ0v) is 12.0. The van der Waals surface area contributed by atoms with Crippen LogP contribution in [-0.2, 0) is 20.9 Å². The van der Waals surface area contributed by atoms with E-state index in [0.29, 0.717) is 37.9 Å². The van der Waals surface area contributed by atoms with Crippen molar-refractivity contribution in [3.05, 3.63) is 34.9 Å². The summed E-state index contributed by atoms with van der Waals surface area (Å²) in [4.78, 5) is 11.7. The molecule has 1 aliphatic rings. The molecule has 1 amide bonds. The molecule has 6 heteroatoms. The molecule has 0 aliphatic carbocycles. The van der Waals surface area contributed by atoms with E-state index in [4.69, 9.17) is 21.1 Å². The van der Waals surface area contributed by atoms with Crippen LogP contribution in [0.3, 0.4) is 0 Å². The minimum atomic E-state index is -0.389. The van der Waals surface area contributed by atoms with Crippen molar-refractivity contribution in [1.29, 1.82) is 0 Å². The van der Waals surface area contributed by atoms with Gasteiger partial charge >= 0.3 is 0 Å². The van der Waals surface area contributed by atoms with E-state index in [9.17, 15) is 4.79 Å². The van der Waals surface area contributed by atoms with Gasteiger partial charge in [0.05, 0.1) is 19.8 Å². The molecule has 0 saturated carbocycles. The van der Waals surface area contributed by atoms with Crippen molar-refractivity contribution in [2.45, 2.75) is 12.7 Å². The van der Waals surface area contributed by atoms with Crippen LogP contribution in [0.15, 0.2) is 24.3 Å². The standard InChI is InChI=1S/C14H19ClN2O3/c15-12-3-1-11(2-4-12)10-19-7-6-17-14(18)13-9-16-5-8-20-13/h1-4,13,16H,5-10H2,(H,17,18)/t13-/m1/s1. The van der Waals surface area contributed by atoms with Crippen LogP contribution >= 0.6 is 11.6 Å². The average Bonchev–Trinajstić information content (AvgIpc) is 2.49. The third-order valence-electron chi connectivity index (χ3n) is 2.95. The van der Waals surface area contributed by atoms with Gasteiger partial charge < -0.3 is 20.1 Å². The molecule has 1 heterocycles. The third kappa shape index (κ3) is 5.09. The van der Waals surface area contributed by atoms with Gasteiger partial charge in [0.15, 0.2) is 0 Å². The SMILES string of the molecule is O=C(NCCOCc1ccc(Cl)cc1)[C@H]1CNCCO1. The molecule has 20 heavy (non-hydrogen) atoms. The van der Waals surface area contributed by atoms with Crippen molar-refractivity contribution in [3.63, 3.8) is 0 Å². The minimum Gasteiger partial charge on any atom is -0.375 e. The third-order valence-corrected chi connectivity index (χ3v) is 3.20. The molecule has 0 unspecified atom stereocenters. The van der Waals surface area contributed by atoms with E-state index in [2.05, 4.69) is 10.6 Å². The van der Waals surface area contributed by atoms with Crippen molar-refractivity contribution >= 4 is 17.5 Å². The molecule has 1 fully saturated rings. The Hall–Kier alpha value is -1.14. The van der Waals surface area contributed by atoms with Gasteiger partial charge in [0.2, 0.25) is 0 Å². The van der Waals surface area contributed by atoms with Crippen LogP contribution in [0.4, 0.5) is 0 Å². The average molecular weight is 299 g/mol. The molecule has 2 N–H and O–H groups in total. The summed E-state index contributed by atoms with van der Waals surface area (Å²) in [7, 11) is 0. The first-order valence-corrected chi connectivity index (χ1v) is 7.06. The van der Waals surface area contributed by atoms with Crippen molar-refractivity contribution < 1.29 is 14.3 Å². The van der Waals surface area contributed by atoms with E-state index in [0.717, 1.165) is 12.1 Å². The number of hydrogen-bond acceptors (Lipinski definition) is 4. The molecule has 0 bridgehead atoms. The molecule has 0 radical (unpaired) electrons. The fraction of sp³-hybridized carbons (Fsp3) is 0.500. The fourth-order valence-electron chi connectivity index (χ4n) is 1.86. The predicted molar refractivity (Wildman–Crippen MR) is 76.7 cm³/mol. The molecular weight excluding hydrogens is 280 g/mol. The topological polar surface area (TPSA) is 59.6 Å². The Bertz CT molecular complexity index is 419. The fourth-order valence-corrected chi connectivity index (χ4v) is 1.99. The maximum Gasteiger partial charge on any atom is 0.250 e. The number of hydrogen-bond donors (Lipinski definition) is 2. The molecule has 5 nitrogen and oxygen atoms in total.